The van der Waals surface area contributed by atoms with Gasteiger partial charge in [-0.2, -0.15) is 5.10 Å². The number of carbonyl (C=O) groups excluding carboxylic acids is 1. The molecule has 0 bridgehead atoms. The molecule has 0 saturated heterocycles. The highest BCUT2D eigenvalue weighted by molar-refractivity contribution is 5.96. The number of benzene rings is 3. The Balaban J connectivity index is 1.39. The Hall–Kier alpha value is -3.77. The van der Waals surface area contributed by atoms with Gasteiger partial charge in [-0.1, -0.05) is 54.6 Å². The van der Waals surface area contributed by atoms with E-state index in [1.165, 1.54) is 22.3 Å². The van der Waals surface area contributed by atoms with E-state index in [0.717, 1.165) is 35.7 Å². The highest BCUT2D eigenvalue weighted by Crippen LogP contribution is 2.32. The van der Waals surface area contributed by atoms with E-state index in [0.29, 0.717) is 12.4 Å². The molecule has 0 unspecified atom stereocenters. The van der Waals surface area contributed by atoms with Crippen LogP contribution in [0.4, 0.5) is 5.69 Å². The molecule has 1 amide bonds. The summed E-state index contributed by atoms with van der Waals surface area (Å²) in [5.74, 6) is 1.26. The van der Waals surface area contributed by atoms with Crippen LogP contribution in [-0.4, -0.2) is 32.5 Å². The van der Waals surface area contributed by atoms with Crippen LogP contribution >= 0.6 is 0 Å². The molecule has 4 aromatic rings. The summed E-state index contributed by atoms with van der Waals surface area (Å²) in [5.41, 5.74) is 7.55. The van der Waals surface area contributed by atoms with Gasteiger partial charge in [0.2, 0.25) is 5.91 Å². The van der Waals surface area contributed by atoms with Gasteiger partial charge >= 0.3 is 0 Å². The number of anilines is 1. The molecular weight excluding hydrogens is 398 g/mol. The molecule has 32 heavy (non-hydrogen) atoms. The number of aryl methyl sites for hydroxylation is 2. The fourth-order valence-electron chi connectivity index (χ4n) is 4.30. The second-order valence-electron chi connectivity index (χ2n) is 8.30. The fraction of sp³-hybridized carbons (Fsp3) is 0.192. The zero-order valence-electron chi connectivity index (χ0n) is 18.2. The number of aromatic nitrogens is 3. The molecule has 1 aromatic heterocycles. The zero-order chi connectivity index (χ0) is 22.1. The third kappa shape index (κ3) is 4.05. The third-order valence-electron chi connectivity index (χ3n) is 5.77. The van der Waals surface area contributed by atoms with Crippen LogP contribution < -0.4 is 5.32 Å². The Morgan fingerprint density at radius 1 is 0.938 bits per heavy atom. The molecule has 0 spiro atoms. The average molecular weight is 424 g/mol. The van der Waals surface area contributed by atoms with Crippen LogP contribution in [-0.2, 0) is 17.9 Å². The van der Waals surface area contributed by atoms with Gasteiger partial charge in [-0.05, 0) is 53.8 Å². The molecule has 0 aliphatic carbocycles. The first-order valence-electron chi connectivity index (χ1n) is 10.8. The van der Waals surface area contributed by atoms with Gasteiger partial charge in [-0.15, -0.1) is 0 Å². The number of hydrogen-bond acceptors (Lipinski definition) is 4. The van der Waals surface area contributed by atoms with E-state index in [2.05, 4.69) is 73.9 Å². The van der Waals surface area contributed by atoms with Crippen molar-refractivity contribution in [2.75, 3.05) is 11.9 Å². The molecule has 0 radical (unpaired) electrons. The summed E-state index contributed by atoms with van der Waals surface area (Å²) >= 11 is 0. The minimum Gasteiger partial charge on any atom is -0.324 e. The minimum atomic E-state index is -0.0547. The Labute approximate surface area is 187 Å². The summed E-state index contributed by atoms with van der Waals surface area (Å²) in [6, 6.07) is 22.8. The maximum atomic E-state index is 13.1. The van der Waals surface area contributed by atoms with Crippen molar-refractivity contribution in [3.05, 3.63) is 89.2 Å². The first kappa shape index (κ1) is 20.2. The lowest BCUT2D eigenvalue weighted by Crippen LogP contribution is -2.32. The van der Waals surface area contributed by atoms with Gasteiger partial charge in [0, 0.05) is 18.7 Å². The first-order valence-corrected chi connectivity index (χ1v) is 10.8. The van der Waals surface area contributed by atoms with E-state index in [4.69, 9.17) is 0 Å². The number of amides is 1. The topological polar surface area (TPSA) is 73.9 Å². The van der Waals surface area contributed by atoms with Gasteiger partial charge in [0.15, 0.2) is 5.82 Å². The predicted molar refractivity (Wildman–Crippen MR) is 126 cm³/mol. The lowest BCUT2D eigenvalue weighted by molar-refractivity contribution is -0.117. The number of H-pyrrole nitrogens is 1. The molecular formula is C26H25N5O. The van der Waals surface area contributed by atoms with E-state index in [1.807, 2.05) is 32.0 Å². The van der Waals surface area contributed by atoms with Crippen molar-refractivity contribution in [1.82, 2.24) is 20.1 Å². The third-order valence-corrected chi connectivity index (χ3v) is 5.77. The second-order valence-corrected chi connectivity index (χ2v) is 8.30. The van der Waals surface area contributed by atoms with Gasteiger partial charge in [-0.25, -0.2) is 4.98 Å². The standard InChI is InChI=1S/C26H25N5O/c1-17-11-12-23(26-27-18(2)29-30-26)24(13-17)28-25(32)16-31-14-19-7-3-5-9-21(19)22-10-6-4-8-20(22)15-31/h3-13H,14-16H2,1-2H3,(H,28,32)(H,27,29,30). The summed E-state index contributed by atoms with van der Waals surface area (Å²) in [6.45, 7) is 5.60. The van der Waals surface area contributed by atoms with Gasteiger partial charge in [0.1, 0.15) is 5.82 Å². The quantitative estimate of drug-likeness (QED) is 0.499. The lowest BCUT2D eigenvalue weighted by atomic mass is 9.97. The predicted octanol–water partition coefficient (Wildman–Crippen LogP) is 4.71. The van der Waals surface area contributed by atoms with E-state index >= 15 is 0 Å². The highest BCUT2D eigenvalue weighted by atomic mass is 16.2. The number of hydrogen-bond donors (Lipinski definition) is 2. The molecule has 0 atom stereocenters. The Bertz CT molecular complexity index is 1250. The van der Waals surface area contributed by atoms with Gasteiger partial charge < -0.3 is 5.32 Å². The summed E-state index contributed by atoms with van der Waals surface area (Å²) in [5, 5.41) is 10.2. The van der Waals surface area contributed by atoms with Crippen molar-refractivity contribution in [1.29, 1.82) is 0 Å². The molecule has 1 aliphatic heterocycles. The summed E-state index contributed by atoms with van der Waals surface area (Å²) < 4.78 is 0. The Kier molecular flexibility index (Phi) is 5.29. The maximum Gasteiger partial charge on any atom is 0.238 e. The van der Waals surface area contributed by atoms with Gasteiger partial charge in [0.05, 0.1) is 12.2 Å². The van der Waals surface area contributed by atoms with Crippen LogP contribution in [0.5, 0.6) is 0 Å². The number of rotatable bonds is 4. The molecule has 2 N–H and O–H groups in total. The minimum absolute atomic E-state index is 0.0547. The number of aromatic amines is 1. The van der Waals surface area contributed by atoms with E-state index in [1.54, 1.807) is 0 Å². The zero-order valence-corrected chi connectivity index (χ0v) is 18.2. The molecule has 5 rings (SSSR count). The van der Waals surface area contributed by atoms with Crippen molar-refractivity contribution < 1.29 is 4.79 Å². The van der Waals surface area contributed by atoms with Gasteiger partial charge in [-0.3, -0.25) is 14.8 Å². The number of nitrogens with one attached hydrogen (secondary N) is 2. The second kappa shape index (κ2) is 8.40. The lowest BCUT2D eigenvalue weighted by Gasteiger charge is -2.21. The smallest absolute Gasteiger partial charge is 0.238 e. The van der Waals surface area contributed by atoms with Crippen LogP contribution in [0, 0.1) is 13.8 Å². The van der Waals surface area contributed by atoms with Gasteiger partial charge in [0.25, 0.3) is 0 Å². The van der Waals surface area contributed by atoms with Crippen molar-refractivity contribution in [3.63, 3.8) is 0 Å². The van der Waals surface area contributed by atoms with E-state index < -0.39 is 0 Å². The monoisotopic (exact) mass is 423 g/mol. The summed E-state index contributed by atoms with van der Waals surface area (Å²) in [7, 11) is 0. The Morgan fingerprint density at radius 2 is 1.59 bits per heavy atom. The van der Waals surface area contributed by atoms with E-state index in [9.17, 15) is 4.79 Å². The molecule has 6 heteroatoms. The molecule has 0 saturated carbocycles. The molecule has 6 nitrogen and oxygen atoms in total. The normalized spacial score (nSPS) is 13.2. The van der Waals surface area contributed by atoms with Crippen LogP contribution in [0.15, 0.2) is 66.7 Å². The van der Waals surface area contributed by atoms with Crippen LogP contribution in [0.1, 0.15) is 22.5 Å². The number of nitrogens with zero attached hydrogens (tertiary/aromatic N) is 3. The first-order chi connectivity index (χ1) is 15.6. The Morgan fingerprint density at radius 3 is 2.22 bits per heavy atom. The molecule has 160 valence electrons. The van der Waals surface area contributed by atoms with Crippen molar-refractivity contribution in [2.24, 2.45) is 0 Å². The van der Waals surface area contributed by atoms with Crippen molar-refractivity contribution in [3.8, 4) is 22.5 Å². The molecule has 2 heterocycles. The maximum absolute atomic E-state index is 13.1. The van der Waals surface area contributed by atoms with Crippen molar-refractivity contribution in [2.45, 2.75) is 26.9 Å². The van der Waals surface area contributed by atoms with Crippen LogP contribution in [0.25, 0.3) is 22.5 Å². The van der Waals surface area contributed by atoms with E-state index in [-0.39, 0.29) is 5.91 Å². The number of fused-ring (bicyclic) bond motifs is 3. The molecule has 3 aromatic carbocycles. The summed E-state index contributed by atoms with van der Waals surface area (Å²) in [6.07, 6.45) is 0. The van der Waals surface area contributed by atoms with Crippen molar-refractivity contribution >= 4 is 11.6 Å². The molecule has 0 fully saturated rings. The highest BCUT2D eigenvalue weighted by Gasteiger charge is 2.21. The van der Waals surface area contributed by atoms with Crippen LogP contribution in [0.2, 0.25) is 0 Å². The summed E-state index contributed by atoms with van der Waals surface area (Å²) in [4.78, 5) is 19.7. The fourth-order valence-corrected chi connectivity index (χ4v) is 4.30. The number of carbonyl (C=O) groups is 1. The van der Waals surface area contributed by atoms with Crippen LogP contribution in [0.3, 0.4) is 0 Å². The largest absolute Gasteiger partial charge is 0.324 e. The SMILES string of the molecule is Cc1ccc(-c2n[nH]c(C)n2)c(NC(=O)CN2Cc3ccccc3-c3ccccc3C2)c1. The average Bonchev–Trinajstić information content (AvgIpc) is 3.13. The molecule has 1 aliphatic rings.